The highest BCUT2D eigenvalue weighted by molar-refractivity contribution is 7.89. The van der Waals surface area contributed by atoms with Crippen LogP contribution in [0.5, 0.6) is 0 Å². The second-order valence-electron chi connectivity index (χ2n) is 6.28. The maximum absolute atomic E-state index is 12.4. The molecule has 3 rings (SSSR count). The Bertz CT molecular complexity index is 686. The number of nitrogens with two attached hydrogens (primary N) is 1. The summed E-state index contributed by atoms with van der Waals surface area (Å²) in [6.45, 7) is 2.12. The lowest BCUT2D eigenvalue weighted by molar-refractivity contribution is -0.131. The van der Waals surface area contributed by atoms with Crippen LogP contribution >= 0.6 is 0 Å². The molecule has 1 aliphatic carbocycles. The molecule has 2 fully saturated rings. The van der Waals surface area contributed by atoms with Gasteiger partial charge in [-0.1, -0.05) is 12.8 Å². The van der Waals surface area contributed by atoms with E-state index >= 15 is 0 Å². The van der Waals surface area contributed by atoms with Crippen molar-refractivity contribution in [3.8, 4) is 0 Å². The molecular formula is C15H22N4O3S. The van der Waals surface area contributed by atoms with Gasteiger partial charge >= 0.3 is 0 Å². The summed E-state index contributed by atoms with van der Waals surface area (Å²) in [5.41, 5.74) is 0. The molecule has 1 saturated carbocycles. The summed E-state index contributed by atoms with van der Waals surface area (Å²) < 4.78 is 23.4. The molecule has 0 bridgehead atoms. The van der Waals surface area contributed by atoms with E-state index in [9.17, 15) is 13.2 Å². The standard InChI is InChI=1S/C15H22N4O3S/c16-23(21,22)13-6-3-7-17-15(13)19-9-8-18(14(20)11-19)10-12-4-1-2-5-12/h3,6-7,12H,1-2,4-5,8-11H2,(H2,16,21,22). The minimum absolute atomic E-state index is 0.0224. The first kappa shape index (κ1) is 16.2. The number of anilines is 1. The number of amides is 1. The molecule has 2 N–H and O–H groups in total. The molecule has 1 aromatic heterocycles. The van der Waals surface area contributed by atoms with Gasteiger partial charge in [0, 0.05) is 25.8 Å². The number of sulfonamides is 1. The van der Waals surface area contributed by atoms with E-state index < -0.39 is 10.0 Å². The van der Waals surface area contributed by atoms with Gasteiger partial charge in [-0.15, -0.1) is 0 Å². The fourth-order valence-electron chi connectivity index (χ4n) is 3.43. The van der Waals surface area contributed by atoms with E-state index in [-0.39, 0.29) is 23.2 Å². The molecule has 0 atom stereocenters. The molecule has 0 spiro atoms. The van der Waals surface area contributed by atoms with Crippen molar-refractivity contribution in [1.82, 2.24) is 9.88 Å². The average Bonchev–Trinajstić information content (AvgIpc) is 3.01. The Morgan fingerprint density at radius 2 is 2.00 bits per heavy atom. The van der Waals surface area contributed by atoms with Gasteiger partial charge in [0.25, 0.3) is 0 Å². The lowest BCUT2D eigenvalue weighted by Crippen LogP contribution is -2.52. The molecule has 8 heteroatoms. The Hall–Kier alpha value is -1.67. The average molecular weight is 338 g/mol. The van der Waals surface area contributed by atoms with Crippen molar-refractivity contribution in [3.05, 3.63) is 18.3 Å². The molecule has 1 aromatic rings. The zero-order chi connectivity index (χ0) is 16.4. The first-order chi connectivity index (χ1) is 10.9. The number of nitrogens with zero attached hydrogens (tertiary/aromatic N) is 3. The SMILES string of the molecule is NS(=O)(=O)c1cccnc1N1CCN(CC2CCCC2)C(=O)C1. The highest BCUT2D eigenvalue weighted by Crippen LogP contribution is 2.27. The number of hydrogen-bond donors (Lipinski definition) is 1. The van der Waals surface area contributed by atoms with Crippen molar-refractivity contribution in [3.63, 3.8) is 0 Å². The van der Waals surface area contributed by atoms with Crippen LogP contribution in [-0.4, -0.2) is 50.4 Å². The zero-order valence-corrected chi connectivity index (χ0v) is 13.8. The Kier molecular flexibility index (Phi) is 4.54. The van der Waals surface area contributed by atoms with E-state index in [0.717, 1.165) is 6.54 Å². The maximum atomic E-state index is 12.4. The van der Waals surface area contributed by atoms with Crippen LogP contribution in [0, 0.1) is 5.92 Å². The largest absolute Gasteiger partial charge is 0.344 e. The third kappa shape index (κ3) is 3.64. The summed E-state index contributed by atoms with van der Waals surface area (Å²) in [6, 6.07) is 2.95. The van der Waals surface area contributed by atoms with Gasteiger partial charge in [-0.2, -0.15) is 0 Å². The van der Waals surface area contributed by atoms with Crippen molar-refractivity contribution in [1.29, 1.82) is 0 Å². The summed E-state index contributed by atoms with van der Waals surface area (Å²) in [5.74, 6) is 0.901. The van der Waals surface area contributed by atoms with Crippen molar-refractivity contribution >= 4 is 21.7 Å². The summed E-state index contributed by atoms with van der Waals surface area (Å²) in [7, 11) is -3.86. The lowest BCUT2D eigenvalue weighted by atomic mass is 10.1. The molecule has 1 amide bonds. The third-order valence-electron chi connectivity index (χ3n) is 4.63. The smallest absolute Gasteiger partial charge is 0.242 e. The van der Waals surface area contributed by atoms with Crippen LogP contribution in [0.1, 0.15) is 25.7 Å². The molecule has 0 aromatic carbocycles. The van der Waals surface area contributed by atoms with Crippen LogP contribution in [-0.2, 0) is 14.8 Å². The fourth-order valence-corrected chi connectivity index (χ4v) is 4.13. The monoisotopic (exact) mass is 338 g/mol. The Morgan fingerprint density at radius 1 is 1.26 bits per heavy atom. The van der Waals surface area contributed by atoms with Gasteiger partial charge in [-0.3, -0.25) is 4.79 Å². The quantitative estimate of drug-likeness (QED) is 0.865. The van der Waals surface area contributed by atoms with Crippen molar-refractivity contribution in [2.24, 2.45) is 11.1 Å². The van der Waals surface area contributed by atoms with Crippen molar-refractivity contribution in [2.45, 2.75) is 30.6 Å². The van der Waals surface area contributed by atoms with Crippen molar-refractivity contribution < 1.29 is 13.2 Å². The van der Waals surface area contributed by atoms with Gasteiger partial charge in [0.05, 0.1) is 6.54 Å². The maximum Gasteiger partial charge on any atom is 0.242 e. The van der Waals surface area contributed by atoms with Gasteiger partial charge in [-0.25, -0.2) is 18.5 Å². The topological polar surface area (TPSA) is 96.6 Å². The molecule has 7 nitrogen and oxygen atoms in total. The number of primary sulfonamides is 1. The Balaban J connectivity index is 1.72. The molecule has 126 valence electrons. The first-order valence-corrected chi connectivity index (χ1v) is 9.50. The van der Waals surface area contributed by atoms with E-state index in [0.29, 0.717) is 19.0 Å². The van der Waals surface area contributed by atoms with Gasteiger partial charge in [-0.05, 0) is 30.9 Å². The molecule has 1 saturated heterocycles. The molecule has 0 radical (unpaired) electrons. The van der Waals surface area contributed by atoms with Crippen LogP contribution in [0.15, 0.2) is 23.2 Å². The van der Waals surface area contributed by atoms with E-state index in [2.05, 4.69) is 4.98 Å². The second kappa shape index (κ2) is 6.45. The number of hydrogen-bond acceptors (Lipinski definition) is 5. The highest BCUT2D eigenvalue weighted by Gasteiger charge is 2.30. The predicted octanol–water partition coefficient (Wildman–Crippen LogP) is 0.568. The van der Waals surface area contributed by atoms with Gasteiger partial charge in [0.1, 0.15) is 10.7 Å². The number of carbonyl (C=O) groups excluding carboxylic acids is 1. The molecule has 0 unspecified atom stereocenters. The Labute approximate surface area is 136 Å². The number of pyridine rings is 1. The zero-order valence-electron chi connectivity index (χ0n) is 13.0. The number of aromatic nitrogens is 1. The van der Waals surface area contributed by atoms with Crippen molar-refractivity contribution in [2.75, 3.05) is 31.1 Å². The van der Waals surface area contributed by atoms with Crippen LogP contribution in [0.3, 0.4) is 0 Å². The normalized spacial score (nSPS) is 20.3. The summed E-state index contributed by atoms with van der Waals surface area (Å²) in [6.07, 6.45) is 6.42. The predicted molar refractivity (Wildman–Crippen MR) is 86.4 cm³/mol. The molecular weight excluding hydrogens is 316 g/mol. The third-order valence-corrected chi connectivity index (χ3v) is 5.56. The Morgan fingerprint density at radius 3 is 2.65 bits per heavy atom. The highest BCUT2D eigenvalue weighted by atomic mass is 32.2. The summed E-state index contributed by atoms with van der Waals surface area (Å²) in [5, 5.41) is 5.25. The number of carbonyl (C=O) groups is 1. The fraction of sp³-hybridized carbons (Fsp3) is 0.600. The van der Waals surface area contributed by atoms with Gasteiger partial charge < -0.3 is 9.80 Å². The van der Waals surface area contributed by atoms with Crippen LogP contribution in [0.2, 0.25) is 0 Å². The van der Waals surface area contributed by atoms with E-state index in [1.165, 1.54) is 44.0 Å². The lowest BCUT2D eigenvalue weighted by Gasteiger charge is -2.36. The van der Waals surface area contributed by atoms with Crippen LogP contribution in [0.25, 0.3) is 0 Å². The van der Waals surface area contributed by atoms with E-state index in [4.69, 9.17) is 5.14 Å². The molecule has 2 aliphatic rings. The van der Waals surface area contributed by atoms with Gasteiger partial charge in [0.15, 0.2) is 0 Å². The molecule has 23 heavy (non-hydrogen) atoms. The molecule has 1 aliphatic heterocycles. The van der Waals surface area contributed by atoms with Crippen LogP contribution in [0.4, 0.5) is 5.82 Å². The first-order valence-electron chi connectivity index (χ1n) is 7.95. The van der Waals surface area contributed by atoms with Crippen LogP contribution < -0.4 is 10.0 Å². The van der Waals surface area contributed by atoms with Gasteiger partial charge in [0.2, 0.25) is 15.9 Å². The molecule has 2 heterocycles. The minimum Gasteiger partial charge on any atom is -0.344 e. The van der Waals surface area contributed by atoms with E-state index in [1.807, 2.05) is 4.90 Å². The number of rotatable bonds is 4. The summed E-state index contributed by atoms with van der Waals surface area (Å²) in [4.78, 5) is 20.1. The summed E-state index contributed by atoms with van der Waals surface area (Å²) >= 11 is 0. The van der Waals surface area contributed by atoms with E-state index in [1.54, 1.807) is 4.90 Å². The minimum atomic E-state index is -3.86. The number of piperazine rings is 1. The second-order valence-corrected chi connectivity index (χ2v) is 7.81.